The highest BCUT2D eigenvalue weighted by Gasteiger charge is 2.18. The molecule has 0 saturated heterocycles. The Labute approximate surface area is 186 Å². The minimum atomic E-state index is -0.970. The molecule has 0 aliphatic carbocycles. The Morgan fingerprint density at radius 3 is 2.41 bits per heavy atom. The Hall–Kier alpha value is -3.93. The molecule has 0 bridgehead atoms. The molecule has 0 radical (unpaired) electrons. The largest absolute Gasteiger partial charge is 0.478 e. The van der Waals surface area contributed by atoms with Crippen molar-refractivity contribution >= 4 is 17.5 Å². The Balaban J connectivity index is 1.61. The first-order valence-corrected chi connectivity index (χ1v) is 10.5. The molecule has 0 aliphatic heterocycles. The molecule has 6 nitrogen and oxygen atoms in total. The normalized spacial score (nSPS) is 11.0. The van der Waals surface area contributed by atoms with Gasteiger partial charge in [0.1, 0.15) is 5.65 Å². The number of carbonyl (C=O) groups excluding carboxylic acids is 1. The molecular weight excluding hydrogens is 402 g/mol. The Kier molecular flexibility index (Phi) is 5.77. The fraction of sp³-hybridized carbons (Fsp3) is 0.192. The third-order valence-electron chi connectivity index (χ3n) is 5.74. The second-order valence-corrected chi connectivity index (χ2v) is 8.05. The summed E-state index contributed by atoms with van der Waals surface area (Å²) >= 11 is 0. The summed E-state index contributed by atoms with van der Waals surface area (Å²) < 4.78 is 1.99. The van der Waals surface area contributed by atoms with Gasteiger partial charge in [-0.1, -0.05) is 30.3 Å². The first-order valence-electron chi connectivity index (χ1n) is 10.5. The van der Waals surface area contributed by atoms with Crippen LogP contribution < -0.4 is 5.32 Å². The molecule has 0 unspecified atom stereocenters. The minimum absolute atomic E-state index is 0.124. The lowest BCUT2D eigenvalue weighted by Gasteiger charge is -2.09. The van der Waals surface area contributed by atoms with Crippen molar-refractivity contribution in [3.8, 4) is 11.3 Å². The number of amides is 1. The van der Waals surface area contributed by atoms with E-state index in [4.69, 9.17) is 10.1 Å². The van der Waals surface area contributed by atoms with Crippen LogP contribution in [-0.4, -0.2) is 26.4 Å². The Bertz CT molecular complexity index is 1320. The number of pyridine rings is 1. The van der Waals surface area contributed by atoms with Crippen molar-refractivity contribution in [1.29, 1.82) is 0 Å². The summed E-state index contributed by atoms with van der Waals surface area (Å²) in [5.74, 6) is -1.09. The van der Waals surface area contributed by atoms with Crippen molar-refractivity contribution in [3.05, 3.63) is 94.3 Å². The second-order valence-electron chi connectivity index (χ2n) is 8.05. The van der Waals surface area contributed by atoms with Crippen molar-refractivity contribution in [3.63, 3.8) is 0 Å². The number of carboxylic acid groups (broad SMARTS) is 1. The van der Waals surface area contributed by atoms with Gasteiger partial charge in [-0.05, 0) is 67.3 Å². The van der Waals surface area contributed by atoms with E-state index in [9.17, 15) is 9.59 Å². The molecular formula is C26H25N3O3. The maximum atomic E-state index is 12.8. The fourth-order valence-corrected chi connectivity index (χ4v) is 3.72. The molecule has 0 fully saturated rings. The molecule has 0 aliphatic rings. The first-order chi connectivity index (χ1) is 15.3. The molecule has 32 heavy (non-hydrogen) atoms. The highest BCUT2D eigenvalue weighted by molar-refractivity contribution is 5.87. The van der Waals surface area contributed by atoms with Gasteiger partial charge in [0.2, 0.25) is 5.91 Å². The van der Waals surface area contributed by atoms with Crippen molar-refractivity contribution in [2.24, 2.45) is 0 Å². The smallest absolute Gasteiger partial charge is 0.335 e. The van der Waals surface area contributed by atoms with Crippen LogP contribution in [0.15, 0.2) is 60.8 Å². The number of carboxylic acids is 1. The summed E-state index contributed by atoms with van der Waals surface area (Å²) in [5.41, 5.74) is 7.97. The summed E-state index contributed by atoms with van der Waals surface area (Å²) in [5, 5.41) is 12.0. The third kappa shape index (κ3) is 4.25. The van der Waals surface area contributed by atoms with Crippen LogP contribution in [0.5, 0.6) is 0 Å². The number of aryl methyl sites for hydroxylation is 3. The van der Waals surface area contributed by atoms with E-state index in [0.717, 1.165) is 33.7 Å². The summed E-state index contributed by atoms with van der Waals surface area (Å²) in [6.45, 7) is 6.48. The van der Waals surface area contributed by atoms with Crippen molar-refractivity contribution in [2.75, 3.05) is 0 Å². The summed E-state index contributed by atoms with van der Waals surface area (Å²) in [6, 6.07) is 16.7. The van der Waals surface area contributed by atoms with Crippen LogP contribution in [0.4, 0.5) is 0 Å². The fourth-order valence-electron chi connectivity index (χ4n) is 3.72. The van der Waals surface area contributed by atoms with E-state index < -0.39 is 5.97 Å². The molecule has 1 amide bonds. The number of hydrogen-bond acceptors (Lipinski definition) is 3. The molecule has 0 saturated carbocycles. The number of nitrogens with zero attached hydrogens (tertiary/aromatic N) is 2. The van der Waals surface area contributed by atoms with E-state index in [1.807, 2.05) is 35.7 Å². The van der Waals surface area contributed by atoms with Gasteiger partial charge >= 0.3 is 5.97 Å². The van der Waals surface area contributed by atoms with Crippen LogP contribution in [0.3, 0.4) is 0 Å². The first kappa shape index (κ1) is 21.3. The summed E-state index contributed by atoms with van der Waals surface area (Å²) in [6.07, 6.45) is 2.12. The number of fused-ring (bicyclic) bond motifs is 1. The maximum Gasteiger partial charge on any atom is 0.335 e. The van der Waals surface area contributed by atoms with Gasteiger partial charge in [0, 0.05) is 18.3 Å². The monoisotopic (exact) mass is 427 g/mol. The number of aromatic nitrogens is 2. The van der Waals surface area contributed by atoms with Crippen molar-refractivity contribution in [2.45, 2.75) is 33.7 Å². The summed E-state index contributed by atoms with van der Waals surface area (Å²) in [7, 11) is 0. The van der Waals surface area contributed by atoms with Crippen LogP contribution in [0.1, 0.15) is 38.3 Å². The average Bonchev–Trinajstić information content (AvgIpc) is 3.14. The van der Waals surface area contributed by atoms with E-state index >= 15 is 0 Å². The molecule has 6 heteroatoms. The van der Waals surface area contributed by atoms with Crippen molar-refractivity contribution in [1.82, 2.24) is 14.7 Å². The van der Waals surface area contributed by atoms with Gasteiger partial charge in [-0.15, -0.1) is 0 Å². The molecule has 0 atom stereocenters. The van der Waals surface area contributed by atoms with Gasteiger partial charge in [-0.25, -0.2) is 9.78 Å². The minimum Gasteiger partial charge on any atom is -0.478 e. The molecule has 2 N–H and O–H groups in total. The van der Waals surface area contributed by atoms with E-state index in [-0.39, 0.29) is 17.9 Å². The number of carbonyl (C=O) groups is 2. The lowest BCUT2D eigenvalue weighted by Crippen LogP contribution is -2.25. The quantitative estimate of drug-likeness (QED) is 0.475. The number of hydrogen-bond donors (Lipinski definition) is 2. The summed E-state index contributed by atoms with van der Waals surface area (Å²) in [4.78, 5) is 28.7. The SMILES string of the molecule is Cc1ccc(-c2nc3c(C)cccn3c2CC(=O)NCc2ccc(C(=O)O)cc2)cc1C. The molecule has 0 spiro atoms. The number of nitrogens with one attached hydrogen (secondary N) is 1. The Morgan fingerprint density at radius 2 is 1.72 bits per heavy atom. The van der Waals surface area contributed by atoms with Crippen LogP contribution in [0.25, 0.3) is 16.9 Å². The van der Waals surface area contributed by atoms with Gasteiger partial charge in [-0.2, -0.15) is 0 Å². The van der Waals surface area contributed by atoms with E-state index in [0.29, 0.717) is 6.54 Å². The molecule has 4 aromatic rings. The maximum absolute atomic E-state index is 12.8. The lowest BCUT2D eigenvalue weighted by atomic mass is 10.0. The van der Waals surface area contributed by atoms with Gasteiger partial charge in [0.25, 0.3) is 0 Å². The van der Waals surface area contributed by atoms with Gasteiger partial charge in [0.05, 0.1) is 23.4 Å². The molecule has 2 aromatic heterocycles. The Morgan fingerprint density at radius 1 is 0.969 bits per heavy atom. The molecule has 4 rings (SSSR count). The van der Waals surface area contributed by atoms with Crippen molar-refractivity contribution < 1.29 is 14.7 Å². The number of benzene rings is 2. The third-order valence-corrected chi connectivity index (χ3v) is 5.74. The van der Waals surface area contributed by atoms with Crippen LogP contribution in [0.2, 0.25) is 0 Å². The molecule has 162 valence electrons. The zero-order valence-corrected chi connectivity index (χ0v) is 18.3. The number of imidazole rings is 1. The molecule has 2 aromatic carbocycles. The predicted molar refractivity (Wildman–Crippen MR) is 124 cm³/mol. The van der Waals surface area contributed by atoms with E-state index in [1.54, 1.807) is 12.1 Å². The van der Waals surface area contributed by atoms with Crippen LogP contribution in [0, 0.1) is 20.8 Å². The van der Waals surface area contributed by atoms with Gasteiger partial charge < -0.3 is 14.8 Å². The van der Waals surface area contributed by atoms with Crippen LogP contribution >= 0.6 is 0 Å². The second kappa shape index (κ2) is 8.67. The highest BCUT2D eigenvalue weighted by atomic mass is 16.4. The topological polar surface area (TPSA) is 83.7 Å². The number of aromatic carboxylic acids is 1. The molecule has 2 heterocycles. The highest BCUT2D eigenvalue weighted by Crippen LogP contribution is 2.28. The zero-order valence-electron chi connectivity index (χ0n) is 18.3. The predicted octanol–water partition coefficient (Wildman–Crippen LogP) is 4.48. The van der Waals surface area contributed by atoms with Gasteiger partial charge in [-0.3, -0.25) is 4.79 Å². The number of rotatable bonds is 6. The standard InChI is InChI=1S/C26H25N3O3/c1-16-6-9-21(13-18(16)3)24-22(29-12-4-5-17(2)25(29)28-24)14-23(30)27-15-19-7-10-20(11-8-19)26(31)32/h4-13H,14-15H2,1-3H3,(H,27,30)(H,31,32). The lowest BCUT2D eigenvalue weighted by molar-refractivity contribution is -0.120. The average molecular weight is 428 g/mol. The zero-order chi connectivity index (χ0) is 22.8. The van der Waals surface area contributed by atoms with Crippen LogP contribution in [-0.2, 0) is 17.8 Å². The van der Waals surface area contributed by atoms with E-state index in [1.165, 1.54) is 23.3 Å². The van der Waals surface area contributed by atoms with E-state index in [2.05, 4.69) is 31.3 Å². The van der Waals surface area contributed by atoms with Gasteiger partial charge in [0.15, 0.2) is 0 Å².